The first-order valence-electron chi connectivity index (χ1n) is 8.89. The van der Waals surface area contributed by atoms with Crippen LogP contribution in [0.5, 0.6) is 0 Å². The number of anilines is 1. The average Bonchev–Trinajstić information content (AvgIpc) is 3.33. The third-order valence-corrected chi connectivity index (χ3v) is 8.63. The van der Waals surface area contributed by atoms with E-state index in [1.54, 1.807) is 18.2 Å². The van der Waals surface area contributed by atoms with Crippen molar-refractivity contribution >= 4 is 38.2 Å². The number of methoxy groups -OCH3 is 1. The summed E-state index contributed by atoms with van der Waals surface area (Å²) < 4.78 is 30.0. The first kappa shape index (κ1) is 20.5. The predicted octanol–water partition coefficient (Wildman–Crippen LogP) is 3.27. The van der Waals surface area contributed by atoms with E-state index >= 15 is 0 Å². The van der Waals surface area contributed by atoms with Crippen LogP contribution in [0.25, 0.3) is 0 Å². The Labute approximate surface area is 168 Å². The van der Waals surface area contributed by atoms with Gasteiger partial charge in [0.2, 0.25) is 5.91 Å². The van der Waals surface area contributed by atoms with Crippen LogP contribution in [0.15, 0.2) is 29.3 Å². The van der Waals surface area contributed by atoms with Crippen molar-refractivity contribution in [3.8, 4) is 0 Å². The molecule has 7 nitrogen and oxygen atoms in total. The fraction of sp³-hybridized carbons (Fsp3) is 0.421. The number of amides is 1. The molecule has 0 unspecified atom stereocenters. The number of sulfone groups is 1. The van der Waals surface area contributed by atoms with Gasteiger partial charge >= 0.3 is 5.97 Å². The van der Waals surface area contributed by atoms with Gasteiger partial charge in [-0.05, 0) is 49.9 Å². The molecule has 1 aromatic heterocycles. The number of thiazole rings is 1. The van der Waals surface area contributed by atoms with Crippen LogP contribution in [-0.4, -0.2) is 37.1 Å². The highest BCUT2D eigenvalue weighted by Crippen LogP contribution is 2.42. The van der Waals surface area contributed by atoms with Crippen molar-refractivity contribution in [2.24, 2.45) is 0 Å². The Bertz CT molecular complexity index is 1020. The molecule has 1 saturated carbocycles. The second-order valence-corrected chi connectivity index (χ2v) is 10.2. The molecule has 1 amide bonds. The van der Waals surface area contributed by atoms with E-state index in [1.165, 1.54) is 13.3 Å². The summed E-state index contributed by atoms with van der Waals surface area (Å²) in [4.78, 5) is 29.1. The van der Waals surface area contributed by atoms with Gasteiger partial charge in [0, 0.05) is 0 Å². The monoisotopic (exact) mass is 422 g/mol. The zero-order chi connectivity index (χ0) is 20.5. The Balaban J connectivity index is 1.95. The highest BCUT2D eigenvalue weighted by molar-refractivity contribution is 7.93. The molecule has 0 aliphatic heterocycles. The summed E-state index contributed by atoms with van der Waals surface area (Å²) in [5.74, 6) is -1.16. The van der Waals surface area contributed by atoms with Crippen molar-refractivity contribution in [1.82, 2.24) is 4.98 Å². The summed E-state index contributed by atoms with van der Waals surface area (Å²) >= 11 is 0.950. The zero-order valence-electron chi connectivity index (χ0n) is 15.9. The first-order valence-corrected chi connectivity index (χ1v) is 11.2. The molecular weight excluding hydrogens is 400 g/mol. The van der Waals surface area contributed by atoms with E-state index in [-0.39, 0.29) is 27.7 Å². The quantitative estimate of drug-likeness (QED) is 0.742. The number of aryl methyl sites for hydroxylation is 2. The van der Waals surface area contributed by atoms with Crippen molar-refractivity contribution in [1.29, 1.82) is 0 Å². The summed E-state index contributed by atoms with van der Waals surface area (Å²) in [7, 11) is -2.65. The van der Waals surface area contributed by atoms with Crippen LogP contribution in [0, 0.1) is 13.8 Å². The molecule has 28 heavy (non-hydrogen) atoms. The van der Waals surface area contributed by atoms with E-state index in [0.717, 1.165) is 22.5 Å². The molecule has 1 aliphatic carbocycles. The van der Waals surface area contributed by atoms with Crippen LogP contribution in [0.3, 0.4) is 0 Å². The number of nitrogens with one attached hydrogen (secondary N) is 1. The van der Waals surface area contributed by atoms with Gasteiger partial charge in [-0.15, -0.1) is 0 Å². The van der Waals surface area contributed by atoms with Gasteiger partial charge in [-0.3, -0.25) is 4.79 Å². The molecule has 9 heteroatoms. The maximum absolute atomic E-state index is 13.5. The second-order valence-electron chi connectivity index (χ2n) is 6.93. The first-order chi connectivity index (χ1) is 13.2. The number of carbonyl (C=O) groups is 2. The fourth-order valence-electron chi connectivity index (χ4n) is 3.41. The summed E-state index contributed by atoms with van der Waals surface area (Å²) in [6.45, 7) is 3.75. The average molecular weight is 423 g/mol. The molecule has 1 N–H and O–H groups in total. The SMILES string of the molecule is COC(=O)c1cnc(NC(=O)C2(S(=O)(=O)c3ccc(C)c(C)c3)CCCC2)s1. The van der Waals surface area contributed by atoms with Crippen molar-refractivity contribution < 1.29 is 22.7 Å². The third kappa shape index (κ3) is 3.44. The number of esters is 1. The number of rotatable bonds is 5. The summed E-state index contributed by atoms with van der Waals surface area (Å²) in [5, 5.41) is 2.78. The molecule has 3 rings (SSSR count). The minimum absolute atomic E-state index is 0.155. The Hall–Kier alpha value is -2.26. The Morgan fingerprint density at radius 3 is 2.46 bits per heavy atom. The number of ether oxygens (including phenoxy) is 1. The number of benzene rings is 1. The minimum atomic E-state index is -3.90. The molecule has 150 valence electrons. The van der Waals surface area contributed by atoms with Crippen molar-refractivity contribution in [2.75, 3.05) is 12.4 Å². The van der Waals surface area contributed by atoms with E-state index < -0.39 is 26.5 Å². The Kier molecular flexibility index (Phi) is 5.58. The molecule has 0 atom stereocenters. The van der Waals surface area contributed by atoms with Crippen LogP contribution < -0.4 is 5.32 Å². The maximum Gasteiger partial charge on any atom is 0.349 e. The molecule has 1 aromatic carbocycles. The normalized spacial score (nSPS) is 16.0. The largest absolute Gasteiger partial charge is 0.465 e. The number of carbonyl (C=O) groups excluding carboxylic acids is 2. The van der Waals surface area contributed by atoms with E-state index in [1.807, 2.05) is 13.8 Å². The van der Waals surface area contributed by atoms with Crippen LogP contribution in [-0.2, 0) is 19.4 Å². The number of aromatic nitrogens is 1. The fourth-order valence-corrected chi connectivity index (χ4v) is 6.29. The molecule has 0 radical (unpaired) electrons. The summed E-state index contributed by atoms with van der Waals surface area (Å²) in [6, 6.07) is 4.94. The van der Waals surface area contributed by atoms with Crippen molar-refractivity contribution in [3.63, 3.8) is 0 Å². The number of nitrogens with zero attached hydrogens (tertiary/aromatic N) is 1. The van der Waals surface area contributed by atoms with E-state index in [9.17, 15) is 18.0 Å². The minimum Gasteiger partial charge on any atom is -0.465 e. The second kappa shape index (κ2) is 7.63. The lowest BCUT2D eigenvalue weighted by atomic mass is 10.1. The maximum atomic E-state index is 13.5. The molecule has 1 heterocycles. The van der Waals surface area contributed by atoms with Crippen LogP contribution >= 0.6 is 11.3 Å². The molecule has 0 saturated heterocycles. The van der Waals surface area contributed by atoms with E-state index in [2.05, 4.69) is 15.0 Å². The molecule has 0 bridgehead atoms. The van der Waals surface area contributed by atoms with E-state index in [4.69, 9.17) is 0 Å². The standard InChI is InChI=1S/C19H22N2O5S2/c1-12-6-7-14(10-13(12)2)28(24,25)19(8-4-5-9-19)17(23)21-18-20-11-15(27-18)16(22)26-3/h6-7,10-11H,4-5,8-9H2,1-3H3,(H,20,21,23). The van der Waals surface area contributed by atoms with Gasteiger partial charge in [-0.2, -0.15) is 0 Å². The van der Waals surface area contributed by atoms with E-state index in [0.29, 0.717) is 12.8 Å². The lowest BCUT2D eigenvalue weighted by molar-refractivity contribution is -0.118. The predicted molar refractivity (Wildman–Crippen MR) is 106 cm³/mol. The zero-order valence-corrected chi connectivity index (χ0v) is 17.6. The Morgan fingerprint density at radius 2 is 1.86 bits per heavy atom. The topological polar surface area (TPSA) is 102 Å². The molecular formula is C19H22N2O5S2. The van der Waals surface area contributed by atoms with Gasteiger partial charge in [0.15, 0.2) is 19.7 Å². The lowest BCUT2D eigenvalue weighted by Gasteiger charge is -2.27. The molecule has 1 aliphatic rings. The highest BCUT2D eigenvalue weighted by atomic mass is 32.2. The van der Waals surface area contributed by atoms with Gasteiger partial charge in [0.1, 0.15) is 4.88 Å². The highest BCUT2D eigenvalue weighted by Gasteiger charge is 2.53. The molecule has 2 aromatic rings. The van der Waals surface area contributed by atoms with Gasteiger partial charge < -0.3 is 10.1 Å². The van der Waals surface area contributed by atoms with Crippen LogP contribution in [0.4, 0.5) is 5.13 Å². The summed E-state index contributed by atoms with van der Waals surface area (Å²) in [5.41, 5.74) is 1.85. The van der Waals surface area contributed by atoms with Crippen LogP contribution in [0.1, 0.15) is 46.5 Å². The molecule has 1 fully saturated rings. The summed E-state index contributed by atoms with van der Waals surface area (Å²) in [6.07, 6.45) is 3.11. The molecule has 0 spiro atoms. The van der Waals surface area contributed by atoms with Crippen LogP contribution in [0.2, 0.25) is 0 Å². The number of hydrogen-bond acceptors (Lipinski definition) is 7. The Morgan fingerprint density at radius 1 is 1.18 bits per heavy atom. The smallest absolute Gasteiger partial charge is 0.349 e. The number of hydrogen-bond donors (Lipinski definition) is 1. The van der Waals surface area contributed by atoms with Gasteiger partial charge in [0.25, 0.3) is 0 Å². The lowest BCUT2D eigenvalue weighted by Crippen LogP contribution is -2.47. The van der Waals surface area contributed by atoms with Gasteiger partial charge in [-0.1, -0.05) is 30.2 Å². The van der Waals surface area contributed by atoms with Crippen molar-refractivity contribution in [3.05, 3.63) is 40.4 Å². The third-order valence-electron chi connectivity index (χ3n) is 5.24. The van der Waals surface area contributed by atoms with Gasteiger partial charge in [0.05, 0.1) is 18.2 Å². The van der Waals surface area contributed by atoms with Gasteiger partial charge in [-0.25, -0.2) is 18.2 Å². The van der Waals surface area contributed by atoms with Crippen molar-refractivity contribution in [2.45, 2.75) is 49.2 Å².